The predicted octanol–water partition coefficient (Wildman–Crippen LogP) is 2.97. The average Bonchev–Trinajstić information content (AvgIpc) is 2.60. The molecule has 0 saturated heterocycles. The van der Waals surface area contributed by atoms with Crippen molar-refractivity contribution in [1.82, 2.24) is 0 Å². The fraction of sp³-hybridized carbons (Fsp3) is 0.222. The third kappa shape index (κ3) is 3.22. The minimum absolute atomic E-state index is 0.0564. The molecule has 2 aromatic carbocycles. The number of amides is 2. The summed E-state index contributed by atoms with van der Waals surface area (Å²) in [5.74, 6) is -0.516. The lowest BCUT2D eigenvalue weighted by Crippen LogP contribution is -2.48. The minimum atomic E-state index is -0.755. The van der Waals surface area contributed by atoms with Gasteiger partial charge in [0.15, 0.2) is 6.10 Å². The molecular weight excluding hydrogens is 311 g/mol. The number of hydrogen-bond donors (Lipinski definition) is 1. The Morgan fingerprint density at radius 3 is 2.67 bits per heavy atom. The van der Waals surface area contributed by atoms with Gasteiger partial charge in [0.25, 0.3) is 5.91 Å². The summed E-state index contributed by atoms with van der Waals surface area (Å²) >= 11 is 0. The quantitative estimate of drug-likeness (QED) is 0.939. The van der Waals surface area contributed by atoms with Crippen LogP contribution >= 0.6 is 0 Å². The summed E-state index contributed by atoms with van der Waals surface area (Å²) in [5, 5.41) is 2.74. The Hall–Kier alpha value is -2.89. The van der Waals surface area contributed by atoms with E-state index in [4.69, 9.17) is 4.74 Å². The van der Waals surface area contributed by atoms with Gasteiger partial charge in [-0.05, 0) is 42.8 Å². The van der Waals surface area contributed by atoms with E-state index in [9.17, 15) is 14.0 Å². The Morgan fingerprint density at radius 2 is 1.96 bits per heavy atom. The molecule has 2 amide bonds. The van der Waals surface area contributed by atoms with Crippen LogP contribution in [0.3, 0.4) is 0 Å². The zero-order valence-electron chi connectivity index (χ0n) is 13.2. The van der Waals surface area contributed by atoms with Crippen LogP contribution in [0.5, 0.6) is 5.75 Å². The molecule has 0 fully saturated rings. The molecule has 5 nitrogen and oxygen atoms in total. The lowest BCUT2D eigenvalue weighted by atomic mass is 10.1. The number of hydrogen-bond acceptors (Lipinski definition) is 3. The van der Waals surface area contributed by atoms with E-state index in [1.807, 2.05) is 6.92 Å². The molecule has 24 heavy (non-hydrogen) atoms. The second kappa shape index (κ2) is 6.70. The summed E-state index contributed by atoms with van der Waals surface area (Å²) in [6.45, 7) is 1.77. The number of para-hydroxylation sites is 2. The standard InChI is InChI=1S/C18H17FN2O3/c1-2-16(24-13-9-7-12(19)8-10-13)18(23)21-11-17(22)20-14-5-3-4-6-15(14)21/h3-10,16H,2,11H2,1H3,(H,20,22)/t16-/m1/s1. The van der Waals surface area contributed by atoms with Gasteiger partial charge in [0.2, 0.25) is 5.91 Å². The van der Waals surface area contributed by atoms with E-state index in [0.29, 0.717) is 23.5 Å². The number of anilines is 2. The molecule has 0 aromatic heterocycles. The average molecular weight is 328 g/mol. The van der Waals surface area contributed by atoms with Gasteiger partial charge in [-0.15, -0.1) is 0 Å². The molecule has 0 unspecified atom stereocenters. The van der Waals surface area contributed by atoms with Crippen molar-refractivity contribution in [3.05, 3.63) is 54.3 Å². The Morgan fingerprint density at radius 1 is 1.25 bits per heavy atom. The fourth-order valence-corrected chi connectivity index (χ4v) is 2.59. The van der Waals surface area contributed by atoms with Crippen LogP contribution in [0.25, 0.3) is 0 Å². The van der Waals surface area contributed by atoms with E-state index >= 15 is 0 Å². The van der Waals surface area contributed by atoms with Crippen LogP contribution < -0.4 is 15.0 Å². The number of nitrogens with one attached hydrogen (secondary N) is 1. The largest absolute Gasteiger partial charge is 0.481 e. The van der Waals surface area contributed by atoms with Crippen LogP contribution in [0.4, 0.5) is 15.8 Å². The smallest absolute Gasteiger partial charge is 0.268 e. The molecule has 3 rings (SSSR count). The van der Waals surface area contributed by atoms with Crippen LogP contribution in [-0.2, 0) is 9.59 Å². The van der Waals surface area contributed by atoms with Crippen LogP contribution in [0.2, 0.25) is 0 Å². The fourth-order valence-electron chi connectivity index (χ4n) is 2.59. The van der Waals surface area contributed by atoms with E-state index in [2.05, 4.69) is 5.32 Å². The summed E-state index contributed by atoms with van der Waals surface area (Å²) in [7, 11) is 0. The summed E-state index contributed by atoms with van der Waals surface area (Å²) in [6.07, 6.45) is -0.328. The normalized spacial score (nSPS) is 14.6. The van der Waals surface area contributed by atoms with Crippen molar-refractivity contribution >= 4 is 23.2 Å². The Bertz CT molecular complexity index is 761. The van der Waals surface area contributed by atoms with Gasteiger partial charge in [-0.2, -0.15) is 0 Å². The van der Waals surface area contributed by atoms with Crippen molar-refractivity contribution in [2.75, 3.05) is 16.8 Å². The highest BCUT2D eigenvalue weighted by molar-refractivity contribution is 6.11. The second-order valence-electron chi connectivity index (χ2n) is 5.46. The zero-order valence-corrected chi connectivity index (χ0v) is 13.2. The van der Waals surface area contributed by atoms with Crippen molar-refractivity contribution in [1.29, 1.82) is 0 Å². The molecular formula is C18H17FN2O3. The van der Waals surface area contributed by atoms with Crippen molar-refractivity contribution in [2.45, 2.75) is 19.4 Å². The van der Waals surface area contributed by atoms with E-state index in [1.165, 1.54) is 29.2 Å². The Balaban J connectivity index is 1.83. The van der Waals surface area contributed by atoms with Gasteiger partial charge in [0.05, 0.1) is 11.4 Å². The highest BCUT2D eigenvalue weighted by atomic mass is 19.1. The summed E-state index contributed by atoms with van der Waals surface area (Å²) in [4.78, 5) is 26.1. The number of fused-ring (bicyclic) bond motifs is 1. The number of ether oxygens (including phenoxy) is 1. The van der Waals surface area contributed by atoms with E-state index in [1.54, 1.807) is 24.3 Å². The Kier molecular flexibility index (Phi) is 4.46. The van der Waals surface area contributed by atoms with Crippen molar-refractivity contribution in [2.24, 2.45) is 0 Å². The topological polar surface area (TPSA) is 58.6 Å². The molecule has 0 aliphatic carbocycles. The first kappa shape index (κ1) is 16.0. The SMILES string of the molecule is CC[C@@H](Oc1ccc(F)cc1)C(=O)N1CC(=O)Nc2ccccc21. The molecule has 1 aliphatic heterocycles. The van der Waals surface area contributed by atoms with E-state index in [0.717, 1.165) is 0 Å². The number of carbonyl (C=O) groups excluding carboxylic acids is 2. The van der Waals surface area contributed by atoms with Gasteiger partial charge < -0.3 is 10.1 Å². The highest BCUT2D eigenvalue weighted by Crippen LogP contribution is 2.30. The van der Waals surface area contributed by atoms with E-state index in [-0.39, 0.29) is 24.2 Å². The summed E-state index contributed by atoms with van der Waals surface area (Å²) in [5.41, 5.74) is 1.24. The first-order valence-electron chi connectivity index (χ1n) is 7.71. The maximum absolute atomic E-state index is 13.0. The molecule has 0 radical (unpaired) electrons. The molecule has 1 N–H and O–H groups in total. The van der Waals surface area contributed by atoms with Gasteiger partial charge in [-0.3, -0.25) is 14.5 Å². The molecule has 2 aromatic rings. The van der Waals surface area contributed by atoms with Gasteiger partial charge in [0, 0.05) is 0 Å². The molecule has 0 saturated carbocycles. The maximum atomic E-state index is 13.0. The molecule has 124 valence electrons. The molecule has 1 atom stereocenters. The lowest BCUT2D eigenvalue weighted by Gasteiger charge is -2.31. The maximum Gasteiger partial charge on any atom is 0.268 e. The van der Waals surface area contributed by atoms with Crippen molar-refractivity contribution in [3.8, 4) is 5.75 Å². The van der Waals surface area contributed by atoms with Gasteiger partial charge >= 0.3 is 0 Å². The van der Waals surface area contributed by atoms with Crippen LogP contribution in [0.1, 0.15) is 13.3 Å². The van der Waals surface area contributed by atoms with Crippen LogP contribution in [-0.4, -0.2) is 24.5 Å². The van der Waals surface area contributed by atoms with Crippen molar-refractivity contribution in [3.63, 3.8) is 0 Å². The third-order valence-corrected chi connectivity index (χ3v) is 3.77. The van der Waals surface area contributed by atoms with E-state index < -0.39 is 6.10 Å². The molecule has 0 bridgehead atoms. The lowest BCUT2D eigenvalue weighted by molar-refractivity contribution is -0.127. The molecule has 6 heteroatoms. The van der Waals surface area contributed by atoms with Gasteiger partial charge in [-0.25, -0.2) is 4.39 Å². The number of nitrogens with zero attached hydrogens (tertiary/aromatic N) is 1. The highest BCUT2D eigenvalue weighted by Gasteiger charge is 2.31. The number of benzene rings is 2. The Labute approximate surface area is 139 Å². The predicted molar refractivity (Wildman–Crippen MR) is 88.5 cm³/mol. The number of halogens is 1. The number of carbonyl (C=O) groups is 2. The van der Waals surface area contributed by atoms with Gasteiger partial charge in [-0.1, -0.05) is 19.1 Å². The van der Waals surface area contributed by atoms with Crippen LogP contribution in [0.15, 0.2) is 48.5 Å². The first-order valence-corrected chi connectivity index (χ1v) is 7.71. The van der Waals surface area contributed by atoms with Crippen molar-refractivity contribution < 1.29 is 18.7 Å². The summed E-state index contributed by atoms with van der Waals surface area (Å²) in [6, 6.07) is 12.6. The second-order valence-corrected chi connectivity index (χ2v) is 5.46. The first-order chi connectivity index (χ1) is 11.6. The van der Waals surface area contributed by atoms with Crippen LogP contribution in [0, 0.1) is 5.82 Å². The minimum Gasteiger partial charge on any atom is -0.481 e. The monoisotopic (exact) mass is 328 g/mol. The zero-order chi connectivity index (χ0) is 17.1. The molecule has 1 aliphatic rings. The van der Waals surface area contributed by atoms with Gasteiger partial charge in [0.1, 0.15) is 18.1 Å². The molecule has 1 heterocycles. The summed E-state index contributed by atoms with van der Waals surface area (Å²) < 4.78 is 18.7. The third-order valence-electron chi connectivity index (χ3n) is 3.77. The number of rotatable bonds is 4. The molecule has 0 spiro atoms.